The van der Waals surface area contributed by atoms with E-state index in [-0.39, 0.29) is 0 Å². The highest BCUT2D eigenvalue weighted by molar-refractivity contribution is 5.26. The van der Waals surface area contributed by atoms with Crippen molar-refractivity contribution in [3.8, 4) is 5.75 Å². The van der Waals surface area contributed by atoms with Crippen LogP contribution in [0.25, 0.3) is 0 Å². The first-order valence-corrected chi connectivity index (χ1v) is 6.89. The Hall–Kier alpha value is -1.88. The molecule has 0 aliphatic rings. The first-order chi connectivity index (χ1) is 9.69. The molecule has 1 N–H and O–H groups in total. The second-order valence-corrected chi connectivity index (χ2v) is 5.20. The molecule has 5 nitrogen and oxygen atoms in total. The molecule has 1 aromatic heterocycles. The number of hydrogen-bond acceptors (Lipinski definition) is 4. The maximum atomic E-state index is 5.14. The van der Waals surface area contributed by atoms with Crippen molar-refractivity contribution < 1.29 is 4.74 Å². The van der Waals surface area contributed by atoms with E-state index < -0.39 is 0 Å². The Balaban J connectivity index is 1.84. The highest BCUT2D eigenvalue weighted by atomic mass is 16.5. The largest absolute Gasteiger partial charge is 0.497 e. The smallest absolute Gasteiger partial charge is 0.140 e. The molecule has 0 aliphatic carbocycles. The number of nitrogens with one attached hydrogen (secondary N) is 1. The summed E-state index contributed by atoms with van der Waals surface area (Å²) in [6.45, 7) is 6.78. The van der Waals surface area contributed by atoms with Crippen molar-refractivity contribution in [2.75, 3.05) is 7.11 Å². The Morgan fingerprint density at radius 3 is 2.60 bits per heavy atom. The fourth-order valence-corrected chi connectivity index (χ4v) is 1.99. The molecule has 20 heavy (non-hydrogen) atoms. The van der Waals surface area contributed by atoms with Gasteiger partial charge in [-0.3, -0.25) is 0 Å². The number of aromatic nitrogens is 3. The van der Waals surface area contributed by atoms with Gasteiger partial charge in [0.1, 0.15) is 17.9 Å². The first kappa shape index (κ1) is 14.5. The number of benzene rings is 1. The predicted molar refractivity (Wildman–Crippen MR) is 78.4 cm³/mol. The van der Waals surface area contributed by atoms with Gasteiger partial charge in [-0.1, -0.05) is 26.0 Å². The van der Waals surface area contributed by atoms with Crippen LogP contribution in [0.3, 0.4) is 0 Å². The zero-order valence-corrected chi connectivity index (χ0v) is 12.3. The van der Waals surface area contributed by atoms with E-state index in [1.807, 2.05) is 16.8 Å². The summed E-state index contributed by atoms with van der Waals surface area (Å²) in [6, 6.07) is 8.06. The van der Waals surface area contributed by atoms with Crippen LogP contribution >= 0.6 is 0 Å². The minimum absolute atomic E-state index is 0.567. The molecule has 5 heteroatoms. The SMILES string of the molecule is COc1ccc(CNCc2ncnn2CC(C)C)cc1. The van der Waals surface area contributed by atoms with E-state index >= 15 is 0 Å². The van der Waals surface area contributed by atoms with Crippen LogP contribution in [0.2, 0.25) is 0 Å². The van der Waals surface area contributed by atoms with Crippen LogP contribution in [0.1, 0.15) is 25.2 Å². The fourth-order valence-electron chi connectivity index (χ4n) is 1.99. The van der Waals surface area contributed by atoms with Gasteiger partial charge < -0.3 is 10.1 Å². The van der Waals surface area contributed by atoms with Gasteiger partial charge in [-0.05, 0) is 23.6 Å². The molecule has 2 rings (SSSR count). The topological polar surface area (TPSA) is 52.0 Å². The molecule has 0 radical (unpaired) electrons. The van der Waals surface area contributed by atoms with E-state index in [1.54, 1.807) is 13.4 Å². The van der Waals surface area contributed by atoms with Crippen molar-refractivity contribution >= 4 is 0 Å². The van der Waals surface area contributed by atoms with E-state index in [4.69, 9.17) is 4.74 Å². The zero-order valence-electron chi connectivity index (χ0n) is 12.3. The molecule has 0 atom stereocenters. The van der Waals surface area contributed by atoms with Crippen LogP contribution in [0.4, 0.5) is 0 Å². The molecule has 0 unspecified atom stereocenters. The van der Waals surface area contributed by atoms with E-state index in [2.05, 4.69) is 41.4 Å². The maximum Gasteiger partial charge on any atom is 0.140 e. The number of nitrogens with zero attached hydrogens (tertiary/aromatic N) is 3. The summed E-state index contributed by atoms with van der Waals surface area (Å²) in [4.78, 5) is 4.30. The van der Waals surface area contributed by atoms with Gasteiger partial charge in [-0.25, -0.2) is 9.67 Å². The molecule has 0 saturated carbocycles. The molecule has 108 valence electrons. The number of methoxy groups -OCH3 is 1. The Morgan fingerprint density at radius 2 is 1.95 bits per heavy atom. The normalized spacial score (nSPS) is 11.0. The summed E-state index contributed by atoms with van der Waals surface area (Å²) in [5.74, 6) is 2.43. The van der Waals surface area contributed by atoms with E-state index in [1.165, 1.54) is 5.56 Å². The summed E-state index contributed by atoms with van der Waals surface area (Å²) in [5.41, 5.74) is 1.22. The third-order valence-corrected chi connectivity index (χ3v) is 3.01. The average Bonchev–Trinajstić information content (AvgIpc) is 2.86. The summed E-state index contributed by atoms with van der Waals surface area (Å²) in [5, 5.41) is 7.64. The lowest BCUT2D eigenvalue weighted by Gasteiger charge is -2.09. The Morgan fingerprint density at radius 1 is 1.20 bits per heavy atom. The lowest BCUT2D eigenvalue weighted by Crippen LogP contribution is -2.18. The highest BCUT2D eigenvalue weighted by Gasteiger charge is 2.05. The van der Waals surface area contributed by atoms with Gasteiger partial charge in [0.2, 0.25) is 0 Å². The third kappa shape index (κ3) is 4.06. The van der Waals surface area contributed by atoms with Crippen LogP contribution in [-0.4, -0.2) is 21.9 Å². The minimum atomic E-state index is 0.567. The lowest BCUT2D eigenvalue weighted by atomic mass is 10.2. The minimum Gasteiger partial charge on any atom is -0.497 e. The Bertz CT molecular complexity index is 519. The molecular formula is C15H22N4O. The fraction of sp³-hybridized carbons (Fsp3) is 0.467. The van der Waals surface area contributed by atoms with Crippen LogP contribution < -0.4 is 10.1 Å². The van der Waals surface area contributed by atoms with Crippen molar-refractivity contribution in [3.05, 3.63) is 42.0 Å². The zero-order chi connectivity index (χ0) is 14.4. The van der Waals surface area contributed by atoms with Crippen molar-refractivity contribution in [1.82, 2.24) is 20.1 Å². The van der Waals surface area contributed by atoms with Crippen LogP contribution in [0.5, 0.6) is 5.75 Å². The lowest BCUT2D eigenvalue weighted by molar-refractivity contribution is 0.414. The van der Waals surface area contributed by atoms with Crippen molar-refractivity contribution in [2.45, 2.75) is 33.5 Å². The summed E-state index contributed by atoms with van der Waals surface area (Å²) in [6.07, 6.45) is 1.62. The summed E-state index contributed by atoms with van der Waals surface area (Å²) in [7, 11) is 1.68. The third-order valence-electron chi connectivity index (χ3n) is 3.01. The molecule has 0 amide bonds. The molecule has 0 spiro atoms. The van der Waals surface area contributed by atoms with Crippen molar-refractivity contribution in [3.63, 3.8) is 0 Å². The quantitative estimate of drug-likeness (QED) is 0.841. The molecule has 1 aromatic carbocycles. The monoisotopic (exact) mass is 274 g/mol. The maximum absolute atomic E-state index is 5.14. The van der Waals surface area contributed by atoms with Gasteiger partial charge in [-0.2, -0.15) is 5.10 Å². The second kappa shape index (κ2) is 7.05. The summed E-state index contributed by atoms with van der Waals surface area (Å²) >= 11 is 0. The molecule has 0 fully saturated rings. The van der Waals surface area contributed by atoms with Crippen LogP contribution in [0.15, 0.2) is 30.6 Å². The predicted octanol–water partition coefficient (Wildman–Crippen LogP) is 2.23. The molecular weight excluding hydrogens is 252 g/mol. The second-order valence-electron chi connectivity index (χ2n) is 5.20. The first-order valence-electron chi connectivity index (χ1n) is 6.89. The van der Waals surface area contributed by atoms with Gasteiger partial charge in [0.05, 0.1) is 13.7 Å². The Labute approximate surface area is 120 Å². The molecule has 0 saturated heterocycles. The average molecular weight is 274 g/mol. The highest BCUT2D eigenvalue weighted by Crippen LogP contribution is 2.11. The molecule has 0 bridgehead atoms. The molecule has 0 aliphatic heterocycles. The van der Waals surface area contributed by atoms with Crippen LogP contribution in [0, 0.1) is 5.92 Å². The van der Waals surface area contributed by atoms with Crippen molar-refractivity contribution in [1.29, 1.82) is 0 Å². The number of rotatable bonds is 7. The van der Waals surface area contributed by atoms with Crippen molar-refractivity contribution in [2.24, 2.45) is 5.92 Å². The number of ether oxygens (including phenoxy) is 1. The number of hydrogen-bond donors (Lipinski definition) is 1. The van der Waals surface area contributed by atoms with Gasteiger partial charge in [0.15, 0.2) is 0 Å². The molecule has 2 aromatic rings. The van der Waals surface area contributed by atoms with E-state index in [9.17, 15) is 0 Å². The van der Waals surface area contributed by atoms with E-state index in [0.717, 1.165) is 31.2 Å². The standard InChI is InChI=1S/C15H22N4O/c1-12(2)10-19-15(17-11-18-19)9-16-8-13-4-6-14(20-3)7-5-13/h4-7,11-12,16H,8-10H2,1-3H3. The van der Waals surface area contributed by atoms with Crippen LogP contribution in [-0.2, 0) is 19.6 Å². The van der Waals surface area contributed by atoms with Gasteiger partial charge in [-0.15, -0.1) is 0 Å². The van der Waals surface area contributed by atoms with Gasteiger partial charge in [0, 0.05) is 13.1 Å². The van der Waals surface area contributed by atoms with Gasteiger partial charge in [0.25, 0.3) is 0 Å². The Kier molecular flexibility index (Phi) is 5.12. The van der Waals surface area contributed by atoms with Gasteiger partial charge >= 0.3 is 0 Å². The summed E-state index contributed by atoms with van der Waals surface area (Å²) < 4.78 is 7.11. The van der Waals surface area contributed by atoms with E-state index in [0.29, 0.717) is 5.92 Å². The molecule has 1 heterocycles.